The summed E-state index contributed by atoms with van der Waals surface area (Å²) in [4.78, 5) is 9.01. The van der Waals surface area contributed by atoms with E-state index in [0.29, 0.717) is 11.6 Å². The predicted molar refractivity (Wildman–Crippen MR) is 104 cm³/mol. The van der Waals surface area contributed by atoms with Crippen molar-refractivity contribution in [2.45, 2.75) is 13.8 Å². The second-order valence-electron chi connectivity index (χ2n) is 5.58. The number of phenolic OH excluding ortho intramolecular Hbond substituents is 1. The molecule has 2 N–H and O–H groups in total. The van der Waals surface area contributed by atoms with Crippen LogP contribution in [0.5, 0.6) is 5.75 Å². The van der Waals surface area contributed by atoms with Crippen molar-refractivity contribution in [3.63, 3.8) is 0 Å². The predicted octanol–water partition coefficient (Wildman–Crippen LogP) is 4.76. The Morgan fingerprint density at radius 2 is 1.72 bits per heavy atom. The Kier molecular flexibility index (Phi) is 5.09. The van der Waals surface area contributed by atoms with E-state index in [4.69, 9.17) is 0 Å². The summed E-state index contributed by atoms with van der Waals surface area (Å²) in [6.07, 6.45) is 0. The van der Waals surface area contributed by atoms with Crippen LogP contribution in [-0.4, -0.2) is 20.8 Å². The average Bonchev–Trinajstić information content (AvgIpc) is 2.60. The Morgan fingerprint density at radius 1 is 1.04 bits per heavy atom. The van der Waals surface area contributed by atoms with Crippen molar-refractivity contribution >= 4 is 27.5 Å². The number of anilines is 1. The lowest BCUT2D eigenvalue weighted by atomic mass is 10.1. The molecular formula is C19H17BrN4O. The zero-order valence-corrected chi connectivity index (χ0v) is 15.4. The van der Waals surface area contributed by atoms with E-state index in [1.165, 1.54) is 0 Å². The Balaban J connectivity index is 1.84. The molecule has 1 heterocycles. The highest BCUT2D eigenvalue weighted by atomic mass is 79.9. The number of hydrazone groups is 1. The van der Waals surface area contributed by atoms with E-state index in [1.807, 2.05) is 56.3 Å². The molecule has 1 aromatic heterocycles. The zero-order chi connectivity index (χ0) is 17.8. The number of hydrogen-bond acceptors (Lipinski definition) is 5. The van der Waals surface area contributed by atoms with Gasteiger partial charge in [-0.1, -0.05) is 28.1 Å². The number of nitrogens with one attached hydrogen (secondary N) is 1. The van der Waals surface area contributed by atoms with E-state index in [9.17, 15) is 5.11 Å². The lowest BCUT2D eigenvalue weighted by Crippen LogP contribution is -2.02. The maximum atomic E-state index is 9.36. The van der Waals surface area contributed by atoms with Crippen LogP contribution in [0.2, 0.25) is 0 Å². The van der Waals surface area contributed by atoms with E-state index in [0.717, 1.165) is 27.0 Å². The minimum Gasteiger partial charge on any atom is -0.508 e. The molecule has 0 spiro atoms. The highest BCUT2D eigenvalue weighted by Gasteiger charge is 2.05. The van der Waals surface area contributed by atoms with Crippen LogP contribution in [0.1, 0.15) is 18.2 Å². The second kappa shape index (κ2) is 7.44. The molecule has 3 rings (SSSR count). The van der Waals surface area contributed by atoms with Crippen LogP contribution >= 0.6 is 15.9 Å². The van der Waals surface area contributed by atoms with E-state index < -0.39 is 0 Å². The van der Waals surface area contributed by atoms with E-state index in [2.05, 4.69) is 36.4 Å². The Hall–Kier alpha value is -2.73. The van der Waals surface area contributed by atoms with Gasteiger partial charge in [-0.3, -0.25) is 5.43 Å². The van der Waals surface area contributed by atoms with E-state index >= 15 is 0 Å². The van der Waals surface area contributed by atoms with Gasteiger partial charge in [-0.2, -0.15) is 5.10 Å². The highest BCUT2D eigenvalue weighted by Crippen LogP contribution is 2.20. The van der Waals surface area contributed by atoms with Gasteiger partial charge in [0.05, 0.1) is 5.71 Å². The molecule has 5 nitrogen and oxygen atoms in total. The molecule has 0 atom stereocenters. The molecule has 25 heavy (non-hydrogen) atoms. The maximum Gasteiger partial charge on any atom is 0.161 e. The number of aromatic hydroxyl groups is 1. The molecule has 0 saturated heterocycles. The first kappa shape index (κ1) is 17.1. The summed E-state index contributed by atoms with van der Waals surface area (Å²) in [5.74, 6) is 1.51. The molecule has 0 bridgehead atoms. The number of nitrogens with zero attached hydrogens (tertiary/aromatic N) is 3. The summed E-state index contributed by atoms with van der Waals surface area (Å²) in [6.45, 7) is 3.81. The number of halogens is 1. The summed E-state index contributed by atoms with van der Waals surface area (Å²) in [6, 6.07) is 16.6. The molecule has 0 aliphatic rings. The molecule has 0 amide bonds. The third-order valence-corrected chi connectivity index (χ3v) is 4.11. The third-order valence-electron chi connectivity index (χ3n) is 3.58. The van der Waals surface area contributed by atoms with Gasteiger partial charge < -0.3 is 5.11 Å². The highest BCUT2D eigenvalue weighted by molar-refractivity contribution is 9.10. The molecule has 2 aromatic carbocycles. The van der Waals surface area contributed by atoms with Gasteiger partial charge in [0.15, 0.2) is 11.6 Å². The van der Waals surface area contributed by atoms with Crippen molar-refractivity contribution < 1.29 is 5.11 Å². The van der Waals surface area contributed by atoms with Crippen LogP contribution in [0.4, 0.5) is 5.82 Å². The molecule has 6 heteroatoms. The first-order chi connectivity index (χ1) is 12.0. The monoisotopic (exact) mass is 396 g/mol. The van der Waals surface area contributed by atoms with E-state index in [-0.39, 0.29) is 5.75 Å². The second-order valence-corrected chi connectivity index (χ2v) is 6.50. The summed E-state index contributed by atoms with van der Waals surface area (Å²) in [5, 5.41) is 13.7. The quantitative estimate of drug-likeness (QED) is 0.492. The topological polar surface area (TPSA) is 70.4 Å². The van der Waals surface area contributed by atoms with Gasteiger partial charge in [-0.05, 0) is 55.8 Å². The largest absolute Gasteiger partial charge is 0.508 e. The lowest BCUT2D eigenvalue weighted by molar-refractivity contribution is 0.475. The molecule has 0 unspecified atom stereocenters. The molecule has 3 aromatic rings. The number of rotatable bonds is 4. The molecule has 0 fully saturated rings. The van der Waals surface area contributed by atoms with E-state index in [1.54, 1.807) is 12.1 Å². The smallest absolute Gasteiger partial charge is 0.161 e. The van der Waals surface area contributed by atoms with Gasteiger partial charge in [0.25, 0.3) is 0 Å². The van der Waals surface area contributed by atoms with Crippen molar-refractivity contribution in [1.82, 2.24) is 9.97 Å². The molecule has 0 saturated carbocycles. The maximum absolute atomic E-state index is 9.36. The summed E-state index contributed by atoms with van der Waals surface area (Å²) >= 11 is 3.43. The summed E-state index contributed by atoms with van der Waals surface area (Å²) in [5.41, 5.74) is 6.49. The van der Waals surface area contributed by atoms with Gasteiger partial charge in [0.2, 0.25) is 0 Å². The van der Waals surface area contributed by atoms with Gasteiger partial charge in [0.1, 0.15) is 5.75 Å². The van der Waals surface area contributed by atoms with Crippen LogP contribution in [0.15, 0.2) is 64.2 Å². The first-order valence-electron chi connectivity index (χ1n) is 7.72. The van der Waals surface area contributed by atoms with Crippen LogP contribution < -0.4 is 5.43 Å². The summed E-state index contributed by atoms with van der Waals surface area (Å²) < 4.78 is 1.01. The Labute approximate surface area is 154 Å². The standard InChI is InChI=1S/C19H17BrN4O/c1-12-11-18(22-19(21-12)15-3-7-16(20)8-4-15)24-23-13(2)14-5-9-17(25)10-6-14/h3-11,25H,1-2H3,(H,21,22,24). The normalized spacial score (nSPS) is 11.4. The molecule has 0 aliphatic heterocycles. The molecule has 0 aliphatic carbocycles. The minimum atomic E-state index is 0.232. The molecule has 0 radical (unpaired) electrons. The van der Waals surface area contributed by atoms with Crippen LogP contribution in [-0.2, 0) is 0 Å². The van der Waals surface area contributed by atoms with Gasteiger partial charge in [-0.15, -0.1) is 0 Å². The van der Waals surface area contributed by atoms with Crippen LogP contribution in [0.25, 0.3) is 11.4 Å². The van der Waals surface area contributed by atoms with Crippen molar-refractivity contribution in [2.24, 2.45) is 5.10 Å². The van der Waals surface area contributed by atoms with Crippen molar-refractivity contribution in [2.75, 3.05) is 5.43 Å². The molecule has 126 valence electrons. The number of hydrogen-bond donors (Lipinski definition) is 2. The number of phenols is 1. The summed E-state index contributed by atoms with van der Waals surface area (Å²) in [7, 11) is 0. The van der Waals surface area contributed by atoms with Crippen molar-refractivity contribution in [3.8, 4) is 17.1 Å². The SMILES string of the molecule is CC(=NNc1cc(C)nc(-c2ccc(Br)cc2)n1)c1ccc(O)cc1. The first-order valence-corrected chi connectivity index (χ1v) is 8.52. The fourth-order valence-electron chi connectivity index (χ4n) is 2.26. The number of aromatic nitrogens is 2. The number of aryl methyl sites for hydroxylation is 1. The zero-order valence-electron chi connectivity index (χ0n) is 13.9. The fourth-order valence-corrected chi connectivity index (χ4v) is 2.53. The molecular weight excluding hydrogens is 380 g/mol. The van der Waals surface area contributed by atoms with Crippen LogP contribution in [0, 0.1) is 6.92 Å². The minimum absolute atomic E-state index is 0.232. The Morgan fingerprint density at radius 3 is 2.40 bits per heavy atom. The number of benzene rings is 2. The van der Waals surface area contributed by atoms with Crippen molar-refractivity contribution in [3.05, 3.63) is 70.3 Å². The Bertz CT molecular complexity index is 906. The third kappa shape index (κ3) is 4.42. The van der Waals surface area contributed by atoms with Gasteiger partial charge >= 0.3 is 0 Å². The lowest BCUT2D eigenvalue weighted by Gasteiger charge is -2.07. The fraction of sp³-hybridized carbons (Fsp3) is 0.105. The van der Waals surface area contributed by atoms with Crippen molar-refractivity contribution in [1.29, 1.82) is 0 Å². The van der Waals surface area contributed by atoms with Crippen LogP contribution in [0.3, 0.4) is 0 Å². The average molecular weight is 397 g/mol. The van der Waals surface area contributed by atoms with Gasteiger partial charge in [0, 0.05) is 21.8 Å². The van der Waals surface area contributed by atoms with Gasteiger partial charge in [-0.25, -0.2) is 9.97 Å².